The van der Waals surface area contributed by atoms with E-state index >= 15 is 0 Å². The summed E-state index contributed by atoms with van der Waals surface area (Å²) in [4.78, 5) is 17.5. The van der Waals surface area contributed by atoms with Crippen LogP contribution in [0.2, 0.25) is 0 Å². The van der Waals surface area contributed by atoms with Crippen molar-refractivity contribution in [2.75, 3.05) is 5.32 Å². The summed E-state index contributed by atoms with van der Waals surface area (Å²) in [6.07, 6.45) is 3.91. The van der Waals surface area contributed by atoms with Gasteiger partial charge in [0.2, 0.25) is 0 Å². The van der Waals surface area contributed by atoms with Crippen LogP contribution in [0.3, 0.4) is 0 Å². The summed E-state index contributed by atoms with van der Waals surface area (Å²) in [5.74, 6) is 0.681. The maximum absolute atomic E-state index is 12.3. The summed E-state index contributed by atoms with van der Waals surface area (Å²) in [5, 5.41) is 12.4. The molecule has 130 valence electrons. The number of amides is 1. The first-order valence-corrected chi connectivity index (χ1v) is 8.85. The second kappa shape index (κ2) is 7.81. The number of nitrogens with one attached hydrogen (secondary N) is 1. The van der Waals surface area contributed by atoms with Gasteiger partial charge >= 0.3 is 0 Å². The van der Waals surface area contributed by atoms with E-state index < -0.39 is 5.91 Å². The first kappa shape index (κ1) is 17.6. The van der Waals surface area contributed by atoms with E-state index in [1.165, 1.54) is 28.5 Å². The summed E-state index contributed by atoms with van der Waals surface area (Å²) in [7, 11) is 0. The van der Waals surface area contributed by atoms with Gasteiger partial charge in [-0.25, -0.2) is 4.98 Å². The number of thiazole rings is 1. The van der Waals surface area contributed by atoms with Gasteiger partial charge in [-0.2, -0.15) is 5.26 Å². The Labute approximate surface area is 155 Å². The lowest BCUT2D eigenvalue weighted by Gasteiger charge is -2.00. The van der Waals surface area contributed by atoms with E-state index in [9.17, 15) is 10.1 Å². The van der Waals surface area contributed by atoms with Crippen molar-refractivity contribution in [3.05, 3.63) is 75.7 Å². The minimum Gasteiger partial charge on any atom is -0.462 e. The second-order valence-corrected chi connectivity index (χ2v) is 6.98. The monoisotopic (exact) mass is 363 g/mol. The van der Waals surface area contributed by atoms with Crippen LogP contribution in [0.4, 0.5) is 5.13 Å². The van der Waals surface area contributed by atoms with Crippen molar-refractivity contribution in [1.82, 2.24) is 4.98 Å². The molecule has 26 heavy (non-hydrogen) atoms. The Kier molecular flexibility index (Phi) is 5.30. The molecule has 0 spiro atoms. The van der Waals surface area contributed by atoms with E-state index in [-0.39, 0.29) is 5.57 Å². The van der Waals surface area contributed by atoms with Crippen molar-refractivity contribution in [3.8, 4) is 6.07 Å². The molecule has 0 atom stereocenters. The molecule has 0 saturated carbocycles. The maximum atomic E-state index is 12.3. The number of carbonyl (C=O) groups is 1. The number of rotatable bonds is 5. The highest BCUT2D eigenvalue weighted by atomic mass is 32.1. The molecule has 1 N–H and O–H groups in total. The molecule has 0 saturated heterocycles. The molecule has 0 aliphatic carbocycles. The lowest BCUT2D eigenvalue weighted by atomic mass is 10.1. The number of nitrogens with zero attached hydrogens (tertiary/aromatic N) is 2. The third-order valence-electron chi connectivity index (χ3n) is 3.69. The smallest absolute Gasteiger partial charge is 0.268 e. The van der Waals surface area contributed by atoms with Crippen LogP contribution in [-0.2, 0) is 11.2 Å². The molecule has 2 aromatic heterocycles. The van der Waals surface area contributed by atoms with Crippen molar-refractivity contribution in [3.63, 3.8) is 0 Å². The van der Waals surface area contributed by atoms with E-state index in [1.807, 2.05) is 6.07 Å². The standard InChI is InChI=1S/C20H17N3O2S/c1-13-3-6-15(7-4-13)9-18-12-22-20(26-18)23-19(24)16(11-21)10-17-8-5-14(2)25-17/h3-8,10,12H,9H2,1-2H3,(H,22,23,24)/b16-10+. The molecule has 2 heterocycles. The van der Waals surface area contributed by atoms with Crippen LogP contribution in [0.5, 0.6) is 0 Å². The molecule has 1 amide bonds. The number of hydrogen-bond acceptors (Lipinski definition) is 5. The van der Waals surface area contributed by atoms with Gasteiger partial charge in [0.1, 0.15) is 23.2 Å². The lowest BCUT2D eigenvalue weighted by Crippen LogP contribution is -2.13. The topological polar surface area (TPSA) is 78.9 Å². The Morgan fingerprint density at radius 1 is 1.27 bits per heavy atom. The van der Waals surface area contributed by atoms with Crippen LogP contribution in [0.25, 0.3) is 6.08 Å². The number of carbonyl (C=O) groups excluding carboxylic acids is 1. The van der Waals surface area contributed by atoms with Gasteiger partial charge in [-0.05, 0) is 31.5 Å². The van der Waals surface area contributed by atoms with E-state index in [0.717, 1.165) is 17.1 Å². The zero-order valence-corrected chi connectivity index (χ0v) is 15.3. The Bertz CT molecular complexity index is 991. The van der Waals surface area contributed by atoms with Crippen LogP contribution in [-0.4, -0.2) is 10.9 Å². The maximum Gasteiger partial charge on any atom is 0.268 e. The van der Waals surface area contributed by atoms with Crippen molar-refractivity contribution in [2.45, 2.75) is 20.3 Å². The van der Waals surface area contributed by atoms with Gasteiger partial charge in [-0.1, -0.05) is 29.8 Å². The lowest BCUT2D eigenvalue weighted by molar-refractivity contribution is -0.112. The molecule has 0 aliphatic rings. The number of aryl methyl sites for hydroxylation is 2. The second-order valence-electron chi connectivity index (χ2n) is 5.87. The average molecular weight is 363 g/mol. The molecule has 6 heteroatoms. The Morgan fingerprint density at radius 2 is 2.04 bits per heavy atom. The van der Waals surface area contributed by atoms with Crippen molar-refractivity contribution >= 4 is 28.5 Å². The third kappa shape index (κ3) is 4.47. The molecule has 3 rings (SSSR count). The van der Waals surface area contributed by atoms with Gasteiger partial charge < -0.3 is 4.42 Å². The number of aromatic nitrogens is 1. The summed E-state index contributed by atoms with van der Waals surface area (Å²) in [5.41, 5.74) is 2.37. The van der Waals surface area contributed by atoms with Gasteiger partial charge in [0, 0.05) is 23.6 Å². The summed E-state index contributed by atoms with van der Waals surface area (Å²) in [6.45, 7) is 3.85. The zero-order chi connectivity index (χ0) is 18.5. The molecular formula is C20H17N3O2S. The van der Waals surface area contributed by atoms with Crippen molar-refractivity contribution in [1.29, 1.82) is 5.26 Å². The molecule has 0 aliphatic heterocycles. The minimum absolute atomic E-state index is 0.0327. The number of furan rings is 1. The fourth-order valence-corrected chi connectivity index (χ4v) is 3.18. The van der Waals surface area contributed by atoms with Crippen molar-refractivity contribution < 1.29 is 9.21 Å². The third-order valence-corrected chi connectivity index (χ3v) is 4.60. The minimum atomic E-state index is -0.502. The van der Waals surface area contributed by atoms with Crippen LogP contribution >= 0.6 is 11.3 Å². The van der Waals surface area contributed by atoms with Gasteiger partial charge in [0.05, 0.1) is 0 Å². The van der Waals surface area contributed by atoms with Gasteiger partial charge in [-0.15, -0.1) is 11.3 Å². The largest absolute Gasteiger partial charge is 0.462 e. The number of nitriles is 1. The van der Waals surface area contributed by atoms with E-state index in [1.54, 1.807) is 25.3 Å². The summed E-state index contributed by atoms with van der Waals surface area (Å²) < 4.78 is 5.37. The zero-order valence-electron chi connectivity index (χ0n) is 14.4. The van der Waals surface area contributed by atoms with E-state index in [0.29, 0.717) is 10.9 Å². The highest BCUT2D eigenvalue weighted by molar-refractivity contribution is 7.15. The van der Waals surface area contributed by atoms with Gasteiger partial charge in [0.25, 0.3) is 5.91 Å². The highest BCUT2D eigenvalue weighted by Crippen LogP contribution is 2.22. The Hall–Kier alpha value is -3.17. The molecule has 0 fully saturated rings. The van der Waals surface area contributed by atoms with Crippen LogP contribution in [0.15, 0.2) is 52.6 Å². The van der Waals surface area contributed by atoms with Crippen LogP contribution in [0, 0.1) is 25.2 Å². The molecule has 3 aromatic rings. The molecule has 0 radical (unpaired) electrons. The number of hydrogen-bond donors (Lipinski definition) is 1. The molecule has 0 unspecified atom stereocenters. The van der Waals surface area contributed by atoms with E-state index in [4.69, 9.17) is 4.42 Å². The fraction of sp³-hybridized carbons (Fsp3) is 0.150. The number of anilines is 1. The molecular weight excluding hydrogens is 346 g/mol. The SMILES string of the molecule is Cc1ccc(Cc2cnc(NC(=O)/C(C#N)=C/c3ccc(C)o3)s2)cc1. The predicted octanol–water partition coefficient (Wildman–Crippen LogP) is 4.49. The number of benzene rings is 1. The highest BCUT2D eigenvalue weighted by Gasteiger charge is 2.13. The summed E-state index contributed by atoms with van der Waals surface area (Å²) in [6, 6.07) is 13.7. The van der Waals surface area contributed by atoms with E-state index in [2.05, 4.69) is 41.5 Å². The fourth-order valence-electron chi connectivity index (χ4n) is 2.34. The van der Waals surface area contributed by atoms with Gasteiger partial charge in [0.15, 0.2) is 5.13 Å². The molecule has 0 bridgehead atoms. The van der Waals surface area contributed by atoms with Crippen LogP contribution in [0.1, 0.15) is 27.5 Å². The summed E-state index contributed by atoms with van der Waals surface area (Å²) >= 11 is 1.40. The molecule has 5 nitrogen and oxygen atoms in total. The van der Waals surface area contributed by atoms with Gasteiger partial charge in [-0.3, -0.25) is 10.1 Å². The van der Waals surface area contributed by atoms with Crippen molar-refractivity contribution in [2.24, 2.45) is 0 Å². The Morgan fingerprint density at radius 3 is 2.69 bits per heavy atom. The first-order chi connectivity index (χ1) is 12.5. The molecule has 1 aromatic carbocycles. The Balaban J connectivity index is 1.67. The predicted molar refractivity (Wildman–Crippen MR) is 102 cm³/mol. The quantitative estimate of drug-likeness (QED) is 0.535. The first-order valence-electron chi connectivity index (χ1n) is 8.03. The normalized spacial score (nSPS) is 11.2. The average Bonchev–Trinajstić information content (AvgIpc) is 3.23. The van der Waals surface area contributed by atoms with Crippen LogP contribution < -0.4 is 5.32 Å².